The van der Waals surface area contributed by atoms with Crippen LogP contribution in [0.2, 0.25) is 0 Å². The zero-order valence-electron chi connectivity index (χ0n) is 10.9. The first-order valence-corrected chi connectivity index (χ1v) is 6.38. The van der Waals surface area contributed by atoms with Gasteiger partial charge in [0.05, 0.1) is 0 Å². The van der Waals surface area contributed by atoms with Crippen LogP contribution in [-0.2, 0) is 0 Å². The second-order valence-corrected chi connectivity index (χ2v) is 5.53. The van der Waals surface area contributed by atoms with Gasteiger partial charge in [0.25, 0.3) is 0 Å². The highest BCUT2D eigenvalue weighted by atomic mass is 14.9. The van der Waals surface area contributed by atoms with Gasteiger partial charge in [-0.25, -0.2) is 0 Å². The van der Waals surface area contributed by atoms with E-state index >= 15 is 0 Å². The van der Waals surface area contributed by atoms with Crippen LogP contribution in [0.1, 0.15) is 42.9 Å². The Morgan fingerprint density at radius 1 is 1.31 bits per heavy atom. The van der Waals surface area contributed by atoms with Crippen LogP contribution in [0.15, 0.2) is 18.2 Å². The Hall–Kier alpha value is -0.820. The number of aryl methyl sites for hydroxylation is 2. The second-order valence-electron chi connectivity index (χ2n) is 5.53. The maximum atomic E-state index is 3.54. The van der Waals surface area contributed by atoms with Crippen molar-refractivity contribution in [3.63, 3.8) is 0 Å². The lowest BCUT2D eigenvalue weighted by atomic mass is 10.0. The van der Waals surface area contributed by atoms with Gasteiger partial charge >= 0.3 is 0 Å². The van der Waals surface area contributed by atoms with Crippen molar-refractivity contribution in [3.05, 3.63) is 34.9 Å². The van der Waals surface area contributed by atoms with Crippen LogP contribution in [0, 0.1) is 19.8 Å². The number of hydrogen-bond donors (Lipinski definition) is 1. The van der Waals surface area contributed by atoms with Gasteiger partial charge in [-0.05, 0) is 49.8 Å². The molecule has 0 bridgehead atoms. The molecule has 1 nitrogen and oxygen atoms in total. The first-order chi connectivity index (χ1) is 7.58. The molecule has 0 saturated heterocycles. The average molecular weight is 217 g/mol. The summed E-state index contributed by atoms with van der Waals surface area (Å²) in [7, 11) is 0. The van der Waals surface area contributed by atoms with Crippen LogP contribution >= 0.6 is 0 Å². The van der Waals surface area contributed by atoms with Gasteiger partial charge < -0.3 is 5.32 Å². The molecule has 1 aliphatic carbocycles. The summed E-state index contributed by atoms with van der Waals surface area (Å²) in [4.78, 5) is 0. The van der Waals surface area contributed by atoms with E-state index in [1.54, 1.807) is 5.56 Å². The monoisotopic (exact) mass is 217 g/mol. The van der Waals surface area contributed by atoms with Gasteiger partial charge in [-0.2, -0.15) is 0 Å². The lowest BCUT2D eigenvalue weighted by Crippen LogP contribution is -2.25. The Balaban J connectivity index is 1.97. The van der Waals surface area contributed by atoms with Crippen molar-refractivity contribution in [2.75, 3.05) is 6.54 Å². The number of rotatable bonds is 4. The summed E-state index contributed by atoms with van der Waals surface area (Å²) in [6.07, 6.45) is 1.37. The molecule has 1 aliphatic rings. The zero-order chi connectivity index (χ0) is 11.7. The van der Waals surface area contributed by atoms with Crippen LogP contribution in [0.25, 0.3) is 0 Å². The smallest absolute Gasteiger partial charge is 0.00104 e. The van der Waals surface area contributed by atoms with E-state index in [2.05, 4.69) is 51.2 Å². The molecule has 2 unspecified atom stereocenters. The summed E-state index contributed by atoms with van der Waals surface area (Å²) in [5, 5.41) is 3.54. The van der Waals surface area contributed by atoms with E-state index < -0.39 is 0 Å². The van der Waals surface area contributed by atoms with Gasteiger partial charge in [0.1, 0.15) is 0 Å². The summed E-state index contributed by atoms with van der Waals surface area (Å²) in [6, 6.07) is 7.45. The molecule has 1 fully saturated rings. The van der Waals surface area contributed by atoms with Crippen LogP contribution in [-0.4, -0.2) is 12.6 Å². The third-order valence-corrected chi connectivity index (χ3v) is 3.55. The molecule has 1 heteroatoms. The predicted octanol–water partition coefficient (Wildman–Crippen LogP) is 3.40. The van der Waals surface area contributed by atoms with Gasteiger partial charge in [0.2, 0.25) is 0 Å². The minimum Gasteiger partial charge on any atom is -0.314 e. The predicted molar refractivity (Wildman–Crippen MR) is 69.9 cm³/mol. The van der Waals surface area contributed by atoms with Gasteiger partial charge in [0.15, 0.2) is 0 Å². The largest absolute Gasteiger partial charge is 0.314 e. The molecule has 2 rings (SSSR count). The molecule has 0 radical (unpaired) electrons. The highest BCUT2D eigenvalue weighted by Gasteiger charge is 2.38. The third-order valence-electron chi connectivity index (χ3n) is 3.55. The molecule has 2 atom stereocenters. The maximum Gasteiger partial charge on any atom is 0.00104 e. The maximum absolute atomic E-state index is 3.54. The third kappa shape index (κ3) is 2.65. The molecule has 16 heavy (non-hydrogen) atoms. The highest BCUT2D eigenvalue weighted by molar-refractivity contribution is 5.36. The molecule has 0 amide bonds. The first-order valence-electron chi connectivity index (χ1n) is 6.38. The quantitative estimate of drug-likeness (QED) is 0.815. The van der Waals surface area contributed by atoms with E-state index in [1.807, 2.05) is 0 Å². The van der Waals surface area contributed by atoms with E-state index in [1.165, 1.54) is 24.1 Å². The van der Waals surface area contributed by atoms with E-state index in [9.17, 15) is 0 Å². The van der Waals surface area contributed by atoms with Crippen molar-refractivity contribution in [3.8, 4) is 0 Å². The van der Waals surface area contributed by atoms with E-state index in [0.29, 0.717) is 6.04 Å². The van der Waals surface area contributed by atoms with Crippen molar-refractivity contribution in [2.45, 2.75) is 46.1 Å². The molecule has 0 heterocycles. The van der Waals surface area contributed by atoms with Crippen molar-refractivity contribution in [2.24, 2.45) is 5.92 Å². The fourth-order valence-electron chi connectivity index (χ4n) is 2.40. The zero-order valence-corrected chi connectivity index (χ0v) is 10.9. The fraction of sp³-hybridized carbons (Fsp3) is 0.600. The summed E-state index contributed by atoms with van der Waals surface area (Å²) in [5.74, 6) is 1.68. The Kier molecular flexibility index (Phi) is 3.34. The van der Waals surface area contributed by atoms with E-state index in [0.717, 1.165) is 11.8 Å². The number of benzene rings is 1. The lowest BCUT2D eigenvalue weighted by Gasteiger charge is -2.09. The van der Waals surface area contributed by atoms with Crippen LogP contribution in [0.5, 0.6) is 0 Å². The normalized spacial score (nSPS) is 23.8. The molecule has 1 saturated carbocycles. The first kappa shape index (κ1) is 11.7. The second kappa shape index (κ2) is 4.58. The minimum atomic E-state index is 0.611. The van der Waals surface area contributed by atoms with Crippen LogP contribution in [0.3, 0.4) is 0 Å². The van der Waals surface area contributed by atoms with Gasteiger partial charge in [-0.3, -0.25) is 0 Å². The standard InChI is InChI=1S/C15H23N/c1-10(2)16-9-13-8-15(13)14-7-11(3)5-6-12(14)4/h5-7,10,13,15-16H,8-9H2,1-4H3. The van der Waals surface area contributed by atoms with Crippen molar-refractivity contribution < 1.29 is 0 Å². The van der Waals surface area contributed by atoms with Crippen molar-refractivity contribution in [1.82, 2.24) is 5.32 Å². The highest BCUT2D eigenvalue weighted by Crippen LogP contribution is 2.48. The van der Waals surface area contributed by atoms with Gasteiger partial charge in [-0.1, -0.05) is 37.6 Å². The fourth-order valence-corrected chi connectivity index (χ4v) is 2.40. The molecule has 0 aromatic heterocycles. The average Bonchev–Trinajstić information content (AvgIpc) is 2.98. The Morgan fingerprint density at radius 3 is 2.75 bits per heavy atom. The van der Waals surface area contributed by atoms with E-state index in [-0.39, 0.29) is 0 Å². The molecule has 0 spiro atoms. The van der Waals surface area contributed by atoms with Crippen molar-refractivity contribution in [1.29, 1.82) is 0 Å². The van der Waals surface area contributed by atoms with Crippen molar-refractivity contribution >= 4 is 0 Å². The lowest BCUT2D eigenvalue weighted by molar-refractivity contribution is 0.554. The topological polar surface area (TPSA) is 12.0 Å². The summed E-state index contributed by atoms with van der Waals surface area (Å²) >= 11 is 0. The van der Waals surface area contributed by atoms with Gasteiger partial charge in [-0.15, -0.1) is 0 Å². The molecule has 1 aromatic rings. The van der Waals surface area contributed by atoms with Crippen LogP contribution in [0.4, 0.5) is 0 Å². The number of nitrogens with one attached hydrogen (secondary N) is 1. The minimum absolute atomic E-state index is 0.611. The Labute approximate surface area is 99.3 Å². The number of hydrogen-bond acceptors (Lipinski definition) is 1. The SMILES string of the molecule is Cc1ccc(C)c(C2CC2CNC(C)C)c1. The Morgan fingerprint density at radius 2 is 2.06 bits per heavy atom. The molecular formula is C15H23N. The summed E-state index contributed by atoms with van der Waals surface area (Å²) < 4.78 is 0. The molecule has 1 aromatic carbocycles. The van der Waals surface area contributed by atoms with Crippen LogP contribution < -0.4 is 5.32 Å². The van der Waals surface area contributed by atoms with E-state index in [4.69, 9.17) is 0 Å². The molecule has 0 aliphatic heterocycles. The summed E-state index contributed by atoms with van der Waals surface area (Å²) in [6.45, 7) is 10.0. The molecule has 88 valence electrons. The van der Waals surface area contributed by atoms with Gasteiger partial charge in [0, 0.05) is 6.04 Å². The molecular weight excluding hydrogens is 194 g/mol. The Bertz CT molecular complexity index is 368. The molecule has 1 N–H and O–H groups in total. The summed E-state index contributed by atoms with van der Waals surface area (Å²) in [5.41, 5.74) is 4.43.